The van der Waals surface area contributed by atoms with E-state index in [0.717, 1.165) is 24.9 Å². The predicted octanol–water partition coefficient (Wildman–Crippen LogP) is 4.31. The second-order valence-corrected chi connectivity index (χ2v) is 4.96. The van der Waals surface area contributed by atoms with Gasteiger partial charge in [-0.2, -0.15) is 0 Å². The molecule has 3 heteroatoms. The molecule has 1 aromatic rings. The maximum atomic E-state index is 14.0. The minimum absolute atomic E-state index is 0.160. The van der Waals surface area contributed by atoms with Gasteiger partial charge >= 0.3 is 0 Å². The van der Waals surface area contributed by atoms with Crippen molar-refractivity contribution in [2.75, 3.05) is 13.2 Å². The molecule has 0 amide bonds. The van der Waals surface area contributed by atoms with Crippen LogP contribution in [0, 0.1) is 11.7 Å². The SMILES string of the molecule is CCNC(C)c1ccc(OCC(CC)CC)c(F)c1. The molecule has 0 bridgehead atoms. The van der Waals surface area contributed by atoms with Gasteiger partial charge in [0.25, 0.3) is 0 Å². The zero-order valence-electron chi connectivity index (χ0n) is 12.5. The van der Waals surface area contributed by atoms with Gasteiger partial charge in [-0.3, -0.25) is 0 Å². The Labute approximate surface area is 116 Å². The number of nitrogens with one attached hydrogen (secondary N) is 1. The molecule has 1 aromatic carbocycles. The van der Waals surface area contributed by atoms with Crippen LogP contribution >= 0.6 is 0 Å². The second kappa shape index (κ2) is 8.16. The Bertz CT molecular complexity index is 377. The van der Waals surface area contributed by atoms with E-state index in [9.17, 15) is 4.39 Å². The predicted molar refractivity (Wildman–Crippen MR) is 78.1 cm³/mol. The van der Waals surface area contributed by atoms with Crippen LogP contribution in [0.1, 0.15) is 52.1 Å². The molecule has 0 aromatic heterocycles. The molecule has 0 saturated heterocycles. The summed E-state index contributed by atoms with van der Waals surface area (Å²) in [4.78, 5) is 0. The minimum atomic E-state index is -0.270. The highest BCUT2D eigenvalue weighted by Gasteiger charge is 2.11. The Morgan fingerprint density at radius 1 is 1.21 bits per heavy atom. The van der Waals surface area contributed by atoms with Gasteiger partial charge in [-0.05, 0) is 37.1 Å². The van der Waals surface area contributed by atoms with E-state index < -0.39 is 0 Å². The molecule has 0 aliphatic heterocycles. The van der Waals surface area contributed by atoms with Gasteiger partial charge in [0.1, 0.15) is 0 Å². The molecule has 1 rings (SSSR count). The maximum Gasteiger partial charge on any atom is 0.165 e. The molecule has 0 spiro atoms. The van der Waals surface area contributed by atoms with E-state index in [4.69, 9.17) is 4.74 Å². The highest BCUT2D eigenvalue weighted by molar-refractivity contribution is 5.30. The molecule has 1 unspecified atom stereocenters. The fourth-order valence-electron chi connectivity index (χ4n) is 2.06. The highest BCUT2D eigenvalue weighted by atomic mass is 19.1. The van der Waals surface area contributed by atoms with Crippen molar-refractivity contribution < 1.29 is 9.13 Å². The standard InChI is InChI=1S/C16H26FNO/c1-5-13(6-2)11-19-16-9-8-14(10-15(16)17)12(4)18-7-3/h8-10,12-13,18H,5-7,11H2,1-4H3. The van der Waals surface area contributed by atoms with Crippen LogP contribution in [0.3, 0.4) is 0 Å². The Balaban J connectivity index is 2.66. The molecule has 0 heterocycles. The summed E-state index contributed by atoms with van der Waals surface area (Å²) in [6, 6.07) is 5.39. The number of rotatable bonds is 8. The molecular formula is C16H26FNO. The van der Waals surface area contributed by atoms with Crippen molar-refractivity contribution in [3.63, 3.8) is 0 Å². The van der Waals surface area contributed by atoms with Gasteiger partial charge in [-0.1, -0.05) is 39.7 Å². The number of hydrogen-bond acceptors (Lipinski definition) is 2. The van der Waals surface area contributed by atoms with Crippen LogP contribution in [0.25, 0.3) is 0 Å². The zero-order chi connectivity index (χ0) is 14.3. The fourth-order valence-corrected chi connectivity index (χ4v) is 2.06. The van der Waals surface area contributed by atoms with Gasteiger partial charge in [0.05, 0.1) is 6.61 Å². The van der Waals surface area contributed by atoms with Crippen LogP contribution in [0.2, 0.25) is 0 Å². The molecule has 2 nitrogen and oxygen atoms in total. The third kappa shape index (κ3) is 4.83. The lowest BCUT2D eigenvalue weighted by molar-refractivity contribution is 0.231. The van der Waals surface area contributed by atoms with Crippen LogP contribution in [-0.4, -0.2) is 13.2 Å². The third-order valence-corrected chi connectivity index (χ3v) is 3.60. The molecule has 0 aliphatic rings. The van der Waals surface area contributed by atoms with E-state index in [1.807, 2.05) is 19.9 Å². The smallest absolute Gasteiger partial charge is 0.165 e. The molecule has 0 radical (unpaired) electrons. The largest absolute Gasteiger partial charge is 0.490 e. The van der Waals surface area contributed by atoms with Crippen molar-refractivity contribution >= 4 is 0 Å². The number of hydrogen-bond donors (Lipinski definition) is 1. The van der Waals surface area contributed by atoms with Crippen molar-refractivity contribution in [1.29, 1.82) is 0 Å². The van der Waals surface area contributed by atoms with E-state index in [1.165, 1.54) is 0 Å². The van der Waals surface area contributed by atoms with E-state index in [0.29, 0.717) is 18.3 Å². The third-order valence-electron chi connectivity index (χ3n) is 3.60. The van der Waals surface area contributed by atoms with Crippen LogP contribution < -0.4 is 10.1 Å². The molecule has 1 atom stereocenters. The molecule has 0 aliphatic carbocycles. The van der Waals surface area contributed by atoms with E-state index >= 15 is 0 Å². The normalized spacial score (nSPS) is 12.7. The Morgan fingerprint density at radius 3 is 2.42 bits per heavy atom. The van der Waals surface area contributed by atoms with Crippen LogP contribution in [0.15, 0.2) is 18.2 Å². The number of benzene rings is 1. The van der Waals surface area contributed by atoms with E-state index in [-0.39, 0.29) is 11.9 Å². The average molecular weight is 267 g/mol. The summed E-state index contributed by atoms with van der Waals surface area (Å²) in [6.45, 7) is 9.80. The van der Waals surface area contributed by atoms with Gasteiger partial charge in [-0.15, -0.1) is 0 Å². The van der Waals surface area contributed by atoms with Crippen LogP contribution in [0.4, 0.5) is 4.39 Å². The lowest BCUT2D eigenvalue weighted by Crippen LogP contribution is -2.18. The lowest BCUT2D eigenvalue weighted by Gasteiger charge is -2.16. The van der Waals surface area contributed by atoms with Crippen LogP contribution in [0.5, 0.6) is 5.75 Å². The Hall–Kier alpha value is -1.09. The maximum absolute atomic E-state index is 14.0. The fraction of sp³-hybridized carbons (Fsp3) is 0.625. The van der Waals surface area contributed by atoms with Crippen LogP contribution in [-0.2, 0) is 0 Å². The minimum Gasteiger partial charge on any atom is -0.490 e. The van der Waals surface area contributed by atoms with E-state index in [1.54, 1.807) is 12.1 Å². The summed E-state index contributed by atoms with van der Waals surface area (Å²) in [6.07, 6.45) is 2.13. The number of halogens is 1. The van der Waals surface area contributed by atoms with E-state index in [2.05, 4.69) is 19.2 Å². The number of ether oxygens (including phenoxy) is 1. The highest BCUT2D eigenvalue weighted by Crippen LogP contribution is 2.23. The van der Waals surface area contributed by atoms with Crippen molar-refractivity contribution in [3.05, 3.63) is 29.6 Å². The van der Waals surface area contributed by atoms with Gasteiger partial charge in [-0.25, -0.2) is 4.39 Å². The van der Waals surface area contributed by atoms with Gasteiger partial charge in [0, 0.05) is 6.04 Å². The van der Waals surface area contributed by atoms with Gasteiger partial charge in [0.2, 0.25) is 0 Å². The van der Waals surface area contributed by atoms with Crippen molar-refractivity contribution in [2.45, 2.75) is 46.6 Å². The van der Waals surface area contributed by atoms with Gasteiger partial charge < -0.3 is 10.1 Å². The Kier molecular flexibility index (Phi) is 6.85. The first-order chi connectivity index (χ1) is 9.12. The first-order valence-corrected chi connectivity index (χ1v) is 7.27. The van der Waals surface area contributed by atoms with Gasteiger partial charge in [0.15, 0.2) is 11.6 Å². The molecule has 1 N–H and O–H groups in total. The summed E-state index contributed by atoms with van der Waals surface area (Å²) in [5.74, 6) is 0.590. The average Bonchev–Trinajstić information content (AvgIpc) is 2.41. The second-order valence-electron chi connectivity index (χ2n) is 4.96. The molecule has 108 valence electrons. The monoisotopic (exact) mass is 267 g/mol. The topological polar surface area (TPSA) is 21.3 Å². The summed E-state index contributed by atoms with van der Waals surface area (Å²) in [5.41, 5.74) is 0.953. The molecule has 0 saturated carbocycles. The summed E-state index contributed by atoms with van der Waals surface area (Å²) >= 11 is 0. The molecule has 19 heavy (non-hydrogen) atoms. The first-order valence-electron chi connectivity index (χ1n) is 7.27. The van der Waals surface area contributed by atoms with Crippen molar-refractivity contribution in [1.82, 2.24) is 5.32 Å². The summed E-state index contributed by atoms with van der Waals surface area (Å²) in [7, 11) is 0. The lowest BCUT2D eigenvalue weighted by atomic mass is 10.1. The molecular weight excluding hydrogens is 241 g/mol. The zero-order valence-corrected chi connectivity index (χ0v) is 12.5. The Morgan fingerprint density at radius 2 is 1.89 bits per heavy atom. The molecule has 0 fully saturated rings. The first kappa shape index (κ1) is 16.0. The summed E-state index contributed by atoms with van der Waals surface area (Å²) in [5, 5.41) is 3.27. The summed E-state index contributed by atoms with van der Waals surface area (Å²) < 4.78 is 19.5. The quantitative estimate of drug-likeness (QED) is 0.757. The van der Waals surface area contributed by atoms with Crippen molar-refractivity contribution in [2.24, 2.45) is 5.92 Å². The van der Waals surface area contributed by atoms with Crippen molar-refractivity contribution in [3.8, 4) is 5.75 Å².